The second-order valence-electron chi connectivity index (χ2n) is 2.73. The number of aliphatic hydroxyl groups excluding tert-OH is 1. The maximum absolute atomic E-state index is 8.97. The molecule has 0 amide bonds. The zero-order valence-corrected chi connectivity index (χ0v) is 7.01. The van der Waals surface area contributed by atoms with Crippen LogP contribution in [0, 0.1) is 0 Å². The second kappa shape index (κ2) is 3.35. The van der Waals surface area contributed by atoms with Gasteiger partial charge in [-0.05, 0) is 5.56 Å². The molecule has 0 fully saturated rings. The van der Waals surface area contributed by atoms with Crippen LogP contribution in [0.2, 0.25) is 0 Å². The largest absolute Gasteiger partial charge is 0.384 e. The number of nitrogens with zero attached hydrogens (tertiary/aromatic N) is 2. The van der Waals surface area contributed by atoms with Gasteiger partial charge in [0.15, 0.2) is 0 Å². The molecule has 1 aliphatic heterocycles. The maximum Gasteiger partial charge on any atom is 0.376 e. The zero-order chi connectivity index (χ0) is 9.10. The number of hydrogen-bond donors (Lipinski definition) is 1. The van der Waals surface area contributed by atoms with Crippen molar-refractivity contribution in [1.29, 1.82) is 0 Å². The van der Waals surface area contributed by atoms with Crippen LogP contribution < -0.4 is 0 Å². The highest BCUT2D eigenvalue weighted by atomic mass is 16.3. The van der Waals surface area contributed by atoms with Gasteiger partial charge in [0.25, 0.3) is 0 Å². The molecule has 0 saturated carbocycles. The molecule has 3 nitrogen and oxygen atoms in total. The highest BCUT2D eigenvalue weighted by Gasteiger charge is 2.22. The molecule has 1 N–H and O–H groups in total. The molecule has 3 heteroatoms. The molecule has 0 saturated heterocycles. The van der Waals surface area contributed by atoms with Crippen LogP contribution >= 0.6 is 0 Å². The van der Waals surface area contributed by atoms with Crippen molar-refractivity contribution in [3.63, 3.8) is 0 Å². The van der Waals surface area contributed by atoms with Crippen LogP contribution in [-0.4, -0.2) is 22.2 Å². The van der Waals surface area contributed by atoms with E-state index in [0.717, 1.165) is 11.1 Å². The van der Waals surface area contributed by atoms with Gasteiger partial charge in [-0.2, -0.15) is 0 Å². The van der Waals surface area contributed by atoms with Gasteiger partial charge in [-0.1, -0.05) is 30.3 Å². The molecule has 0 aromatic heterocycles. The predicted molar refractivity (Wildman–Crippen MR) is 49.2 cm³/mol. The Kier molecular flexibility index (Phi) is 2.04. The van der Waals surface area contributed by atoms with E-state index in [9.17, 15) is 0 Å². The van der Waals surface area contributed by atoms with Crippen LogP contribution in [0.1, 0.15) is 5.56 Å². The van der Waals surface area contributed by atoms with E-state index in [4.69, 9.17) is 5.11 Å². The van der Waals surface area contributed by atoms with E-state index in [1.165, 1.54) is 0 Å². The van der Waals surface area contributed by atoms with E-state index in [2.05, 4.69) is 9.90 Å². The number of rotatable bonds is 2. The first kappa shape index (κ1) is 7.92. The SMILES string of the molecule is OCC1=[N+]=NC=C1c1ccccc1. The summed E-state index contributed by atoms with van der Waals surface area (Å²) in [5.41, 5.74) is 2.57. The van der Waals surface area contributed by atoms with E-state index in [1.54, 1.807) is 6.20 Å². The highest BCUT2D eigenvalue weighted by molar-refractivity contribution is 6.22. The molecule has 0 unspecified atom stereocenters. The zero-order valence-electron chi connectivity index (χ0n) is 7.01. The van der Waals surface area contributed by atoms with Crippen molar-refractivity contribution < 1.29 is 9.90 Å². The van der Waals surface area contributed by atoms with Crippen LogP contribution in [0.5, 0.6) is 0 Å². The Morgan fingerprint density at radius 1 is 1.23 bits per heavy atom. The minimum absolute atomic E-state index is 0.0653. The van der Waals surface area contributed by atoms with Gasteiger partial charge in [0, 0.05) is 0 Å². The summed E-state index contributed by atoms with van der Waals surface area (Å²) in [4.78, 5) is 3.81. The predicted octanol–water partition coefficient (Wildman–Crippen LogP) is 1.13. The number of aliphatic hydroxyl groups is 1. The Balaban J connectivity index is 2.36. The van der Waals surface area contributed by atoms with Gasteiger partial charge in [0.05, 0.1) is 10.4 Å². The Morgan fingerprint density at radius 2 is 2.00 bits per heavy atom. The van der Waals surface area contributed by atoms with E-state index in [1.807, 2.05) is 30.3 Å². The van der Waals surface area contributed by atoms with Crippen molar-refractivity contribution in [3.05, 3.63) is 42.1 Å². The molecular weight excluding hydrogens is 164 g/mol. The normalized spacial score (nSPS) is 14.2. The summed E-state index contributed by atoms with van der Waals surface area (Å²) in [6.45, 7) is -0.0653. The molecule has 2 rings (SSSR count). The van der Waals surface area contributed by atoms with Gasteiger partial charge in [0.2, 0.25) is 0 Å². The van der Waals surface area contributed by atoms with E-state index < -0.39 is 0 Å². The van der Waals surface area contributed by atoms with Gasteiger partial charge in [0.1, 0.15) is 17.9 Å². The molecule has 0 radical (unpaired) electrons. The molecule has 64 valence electrons. The van der Waals surface area contributed by atoms with Crippen LogP contribution in [-0.2, 0) is 0 Å². The first-order valence-electron chi connectivity index (χ1n) is 4.05. The summed E-state index contributed by atoms with van der Waals surface area (Å²) in [7, 11) is 0. The van der Waals surface area contributed by atoms with E-state index in [-0.39, 0.29) is 6.61 Å². The Morgan fingerprint density at radius 3 is 2.69 bits per heavy atom. The molecule has 0 spiro atoms. The van der Waals surface area contributed by atoms with Gasteiger partial charge >= 0.3 is 5.71 Å². The van der Waals surface area contributed by atoms with Crippen molar-refractivity contribution in [2.75, 3.05) is 6.61 Å². The lowest BCUT2D eigenvalue weighted by atomic mass is 10.0. The fraction of sp³-hybridized carbons (Fsp3) is 0.100. The first-order chi connectivity index (χ1) is 6.42. The number of benzene rings is 1. The molecule has 0 bridgehead atoms. The minimum Gasteiger partial charge on any atom is -0.384 e. The molecule has 1 heterocycles. The minimum atomic E-state index is -0.0653. The van der Waals surface area contributed by atoms with E-state index >= 15 is 0 Å². The Labute approximate surface area is 75.8 Å². The van der Waals surface area contributed by atoms with Crippen molar-refractivity contribution in [2.24, 2.45) is 5.11 Å². The fourth-order valence-electron chi connectivity index (χ4n) is 1.26. The molecular formula is C10H9N2O+. The summed E-state index contributed by atoms with van der Waals surface area (Å²) >= 11 is 0. The summed E-state index contributed by atoms with van der Waals surface area (Å²) < 4.78 is 0. The quantitative estimate of drug-likeness (QED) is 0.669. The van der Waals surface area contributed by atoms with Crippen LogP contribution in [0.4, 0.5) is 0 Å². The average molecular weight is 173 g/mol. The molecule has 13 heavy (non-hydrogen) atoms. The summed E-state index contributed by atoms with van der Waals surface area (Å²) in [5, 5.41) is 12.7. The van der Waals surface area contributed by atoms with Gasteiger partial charge in [-0.3, -0.25) is 0 Å². The third kappa shape index (κ3) is 1.43. The third-order valence-corrected chi connectivity index (χ3v) is 1.91. The topological polar surface area (TPSA) is 46.7 Å². The van der Waals surface area contributed by atoms with Crippen molar-refractivity contribution in [1.82, 2.24) is 0 Å². The second-order valence-corrected chi connectivity index (χ2v) is 2.73. The van der Waals surface area contributed by atoms with Crippen LogP contribution in [0.15, 0.2) is 41.6 Å². The lowest BCUT2D eigenvalue weighted by Crippen LogP contribution is -2.06. The third-order valence-electron chi connectivity index (χ3n) is 1.91. The Hall–Kier alpha value is -1.70. The first-order valence-corrected chi connectivity index (χ1v) is 4.05. The fourth-order valence-corrected chi connectivity index (χ4v) is 1.26. The monoisotopic (exact) mass is 173 g/mol. The standard InChI is InChI=1S/C10H9N2O/c13-7-10-9(6-11-12-10)8-4-2-1-3-5-8/h1-6,13H,7H2/q+1. The van der Waals surface area contributed by atoms with Gasteiger partial charge in [-0.15, -0.1) is 0 Å². The lowest BCUT2D eigenvalue weighted by molar-refractivity contribution is -0.0773. The van der Waals surface area contributed by atoms with Crippen molar-refractivity contribution in [2.45, 2.75) is 0 Å². The molecule has 0 atom stereocenters. The van der Waals surface area contributed by atoms with Crippen LogP contribution in [0.25, 0.3) is 5.57 Å². The Bertz CT molecular complexity index is 400. The summed E-state index contributed by atoms with van der Waals surface area (Å²) in [6.07, 6.45) is 1.67. The molecule has 1 aliphatic rings. The molecule has 0 aliphatic carbocycles. The molecule has 1 aromatic rings. The average Bonchev–Trinajstić information content (AvgIpc) is 2.67. The van der Waals surface area contributed by atoms with Gasteiger partial charge < -0.3 is 5.11 Å². The number of hydrogen-bond acceptors (Lipinski definition) is 2. The van der Waals surface area contributed by atoms with Gasteiger partial charge in [-0.25, -0.2) is 0 Å². The summed E-state index contributed by atoms with van der Waals surface area (Å²) in [6, 6.07) is 9.79. The smallest absolute Gasteiger partial charge is 0.376 e. The van der Waals surface area contributed by atoms with Crippen molar-refractivity contribution >= 4 is 11.3 Å². The van der Waals surface area contributed by atoms with Crippen LogP contribution in [0.3, 0.4) is 0 Å². The lowest BCUT2D eigenvalue weighted by Gasteiger charge is -1.95. The molecule has 1 aromatic carbocycles. The maximum atomic E-state index is 8.97. The highest BCUT2D eigenvalue weighted by Crippen LogP contribution is 2.16. The van der Waals surface area contributed by atoms with Crippen molar-refractivity contribution in [3.8, 4) is 0 Å². The summed E-state index contributed by atoms with van der Waals surface area (Å²) in [5.74, 6) is 0. The van der Waals surface area contributed by atoms with E-state index in [0.29, 0.717) is 5.71 Å².